The molecule has 0 radical (unpaired) electrons. The highest BCUT2D eigenvalue weighted by molar-refractivity contribution is 7.90. The summed E-state index contributed by atoms with van der Waals surface area (Å²) in [5.74, 6) is -0.0327. The Bertz CT molecular complexity index is 476. The fourth-order valence-corrected chi connectivity index (χ4v) is 5.85. The SMILES string of the molecule is COC(=O)C1CCCC1S(=O)(=O)NC1CCCC(C)C1C. The summed E-state index contributed by atoms with van der Waals surface area (Å²) in [7, 11) is -2.15. The lowest BCUT2D eigenvalue weighted by atomic mass is 9.78. The van der Waals surface area contributed by atoms with Crippen molar-refractivity contribution in [3.05, 3.63) is 0 Å². The Kier molecular flexibility index (Phi) is 5.30. The van der Waals surface area contributed by atoms with Gasteiger partial charge < -0.3 is 4.74 Å². The summed E-state index contributed by atoms with van der Waals surface area (Å²) in [5.41, 5.74) is 0. The summed E-state index contributed by atoms with van der Waals surface area (Å²) >= 11 is 0. The summed E-state index contributed by atoms with van der Waals surface area (Å²) < 4.78 is 33.0. The Morgan fingerprint density at radius 1 is 1.10 bits per heavy atom. The zero-order chi connectivity index (χ0) is 15.6. The molecule has 5 unspecified atom stereocenters. The van der Waals surface area contributed by atoms with Crippen molar-refractivity contribution < 1.29 is 17.9 Å². The van der Waals surface area contributed by atoms with E-state index in [-0.39, 0.29) is 6.04 Å². The van der Waals surface area contributed by atoms with E-state index in [0.29, 0.717) is 24.7 Å². The number of rotatable bonds is 4. The summed E-state index contributed by atoms with van der Waals surface area (Å²) in [6, 6.07) is -0.00218. The van der Waals surface area contributed by atoms with Gasteiger partial charge in [0.25, 0.3) is 0 Å². The molecule has 0 aromatic heterocycles. The summed E-state index contributed by atoms with van der Waals surface area (Å²) in [6.07, 6.45) is 5.03. The first-order valence-corrected chi connectivity index (χ1v) is 9.50. The molecule has 5 nitrogen and oxygen atoms in total. The van der Waals surface area contributed by atoms with Crippen molar-refractivity contribution >= 4 is 16.0 Å². The predicted molar refractivity (Wildman–Crippen MR) is 81.2 cm³/mol. The van der Waals surface area contributed by atoms with Gasteiger partial charge in [0, 0.05) is 6.04 Å². The lowest BCUT2D eigenvalue weighted by Crippen LogP contribution is -2.48. The lowest BCUT2D eigenvalue weighted by Gasteiger charge is -2.35. The third kappa shape index (κ3) is 3.59. The molecule has 0 heterocycles. The van der Waals surface area contributed by atoms with E-state index in [1.165, 1.54) is 7.11 Å². The van der Waals surface area contributed by atoms with E-state index in [0.717, 1.165) is 25.7 Å². The molecule has 0 bridgehead atoms. The molecule has 2 aliphatic carbocycles. The zero-order valence-corrected chi connectivity index (χ0v) is 14.0. The smallest absolute Gasteiger partial charge is 0.310 e. The van der Waals surface area contributed by atoms with Crippen molar-refractivity contribution in [3.63, 3.8) is 0 Å². The number of methoxy groups -OCH3 is 1. The van der Waals surface area contributed by atoms with E-state index in [1.54, 1.807) is 0 Å². The summed E-state index contributed by atoms with van der Waals surface area (Å²) in [6.45, 7) is 4.29. The molecule has 2 fully saturated rings. The third-order valence-corrected chi connectivity index (χ3v) is 7.37. The second-order valence-electron chi connectivity index (χ2n) is 6.64. The molecule has 0 amide bonds. The third-order valence-electron chi connectivity index (χ3n) is 5.38. The number of hydrogen-bond donors (Lipinski definition) is 1. The van der Waals surface area contributed by atoms with Crippen LogP contribution in [0.1, 0.15) is 52.4 Å². The van der Waals surface area contributed by atoms with Gasteiger partial charge in [-0.25, -0.2) is 13.1 Å². The van der Waals surface area contributed by atoms with E-state index in [1.807, 2.05) is 0 Å². The van der Waals surface area contributed by atoms with E-state index in [2.05, 4.69) is 18.6 Å². The van der Waals surface area contributed by atoms with Gasteiger partial charge >= 0.3 is 5.97 Å². The summed E-state index contributed by atoms with van der Waals surface area (Å²) in [5, 5.41) is -0.630. The molecular formula is C15H27NO4S. The highest BCUT2D eigenvalue weighted by Gasteiger charge is 2.43. The molecule has 6 heteroatoms. The lowest BCUT2D eigenvalue weighted by molar-refractivity contribution is -0.145. The van der Waals surface area contributed by atoms with Gasteiger partial charge in [0.1, 0.15) is 0 Å². The molecule has 122 valence electrons. The standard InChI is InChI=1S/C15H27NO4S/c1-10-6-4-8-13(11(10)2)16-21(18,19)14-9-5-7-12(14)15(17)20-3/h10-14,16H,4-9H2,1-3H3. The Morgan fingerprint density at radius 3 is 2.43 bits per heavy atom. The molecule has 0 saturated heterocycles. The van der Waals surface area contributed by atoms with Crippen LogP contribution in [0.2, 0.25) is 0 Å². The van der Waals surface area contributed by atoms with Crippen LogP contribution in [-0.2, 0) is 19.6 Å². The second-order valence-corrected chi connectivity index (χ2v) is 8.57. The van der Waals surface area contributed by atoms with Gasteiger partial charge in [0.15, 0.2) is 0 Å². The maximum atomic E-state index is 12.7. The molecule has 0 aromatic rings. The molecule has 2 aliphatic rings. The van der Waals surface area contributed by atoms with Crippen LogP contribution < -0.4 is 4.72 Å². The first-order chi connectivity index (χ1) is 9.86. The van der Waals surface area contributed by atoms with Crippen LogP contribution in [0.4, 0.5) is 0 Å². The van der Waals surface area contributed by atoms with Crippen LogP contribution in [0, 0.1) is 17.8 Å². The Morgan fingerprint density at radius 2 is 1.76 bits per heavy atom. The normalized spacial score (nSPS) is 37.4. The minimum atomic E-state index is -3.47. The Balaban J connectivity index is 2.09. The van der Waals surface area contributed by atoms with Crippen molar-refractivity contribution in [1.29, 1.82) is 0 Å². The van der Waals surface area contributed by atoms with Gasteiger partial charge in [-0.15, -0.1) is 0 Å². The molecular weight excluding hydrogens is 290 g/mol. The maximum absolute atomic E-state index is 12.7. The monoisotopic (exact) mass is 317 g/mol. The van der Waals surface area contributed by atoms with Crippen LogP contribution in [0.3, 0.4) is 0 Å². The van der Waals surface area contributed by atoms with Crippen molar-refractivity contribution in [1.82, 2.24) is 4.72 Å². The fourth-order valence-electron chi connectivity index (χ4n) is 3.77. The molecule has 0 aliphatic heterocycles. The number of carbonyl (C=O) groups is 1. The Labute approximate surface area is 127 Å². The first kappa shape index (κ1) is 16.7. The molecule has 1 N–H and O–H groups in total. The van der Waals surface area contributed by atoms with E-state index >= 15 is 0 Å². The molecule has 0 spiro atoms. The van der Waals surface area contributed by atoms with Crippen molar-refractivity contribution in [2.75, 3.05) is 7.11 Å². The average molecular weight is 317 g/mol. The van der Waals surface area contributed by atoms with E-state index in [4.69, 9.17) is 4.74 Å². The van der Waals surface area contributed by atoms with Crippen molar-refractivity contribution in [3.8, 4) is 0 Å². The molecule has 21 heavy (non-hydrogen) atoms. The highest BCUT2D eigenvalue weighted by Crippen LogP contribution is 2.34. The molecule has 2 rings (SSSR count). The van der Waals surface area contributed by atoms with Crippen molar-refractivity contribution in [2.45, 2.75) is 63.7 Å². The number of carbonyl (C=O) groups excluding carboxylic acids is 1. The van der Waals surface area contributed by atoms with Gasteiger partial charge in [0.05, 0.1) is 18.3 Å². The quantitative estimate of drug-likeness (QED) is 0.806. The maximum Gasteiger partial charge on any atom is 0.310 e. The number of nitrogens with one attached hydrogen (secondary N) is 1. The number of sulfonamides is 1. The summed E-state index contributed by atoms with van der Waals surface area (Å²) in [4.78, 5) is 11.8. The topological polar surface area (TPSA) is 72.5 Å². The van der Waals surface area contributed by atoms with Crippen molar-refractivity contribution in [2.24, 2.45) is 17.8 Å². The highest BCUT2D eigenvalue weighted by atomic mass is 32.2. The van der Waals surface area contributed by atoms with E-state index in [9.17, 15) is 13.2 Å². The largest absolute Gasteiger partial charge is 0.469 e. The Hall–Kier alpha value is -0.620. The molecule has 5 atom stereocenters. The van der Waals surface area contributed by atoms with Crippen LogP contribution in [0.15, 0.2) is 0 Å². The van der Waals surface area contributed by atoms with E-state index < -0.39 is 27.2 Å². The van der Waals surface area contributed by atoms with Gasteiger partial charge in [-0.2, -0.15) is 0 Å². The van der Waals surface area contributed by atoms with Gasteiger partial charge in [-0.05, 0) is 31.1 Å². The fraction of sp³-hybridized carbons (Fsp3) is 0.933. The molecule has 0 aromatic carbocycles. The predicted octanol–water partition coefficient (Wildman–Crippen LogP) is 2.07. The second kappa shape index (κ2) is 6.65. The first-order valence-electron chi connectivity index (χ1n) is 7.95. The van der Waals surface area contributed by atoms with Crippen LogP contribution in [0.5, 0.6) is 0 Å². The number of hydrogen-bond acceptors (Lipinski definition) is 4. The van der Waals surface area contributed by atoms with Crippen LogP contribution in [0.25, 0.3) is 0 Å². The number of ether oxygens (including phenoxy) is 1. The average Bonchev–Trinajstić information content (AvgIpc) is 2.93. The molecule has 2 saturated carbocycles. The van der Waals surface area contributed by atoms with Crippen LogP contribution >= 0.6 is 0 Å². The van der Waals surface area contributed by atoms with Gasteiger partial charge in [-0.1, -0.05) is 33.1 Å². The van der Waals surface area contributed by atoms with Gasteiger partial charge in [0.2, 0.25) is 10.0 Å². The number of esters is 1. The van der Waals surface area contributed by atoms with Crippen LogP contribution in [-0.4, -0.2) is 32.8 Å². The zero-order valence-electron chi connectivity index (χ0n) is 13.2. The minimum absolute atomic E-state index is 0.00218. The minimum Gasteiger partial charge on any atom is -0.469 e. The van der Waals surface area contributed by atoms with Gasteiger partial charge in [-0.3, -0.25) is 4.79 Å².